The molecule has 0 aliphatic carbocycles. The molecule has 2 atom stereocenters. The summed E-state index contributed by atoms with van der Waals surface area (Å²) in [6.07, 6.45) is 1.69. The van der Waals surface area contributed by atoms with E-state index >= 15 is 0 Å². The van der Waals surface area contributed by atoms with Gasteiger partial charge in [0.1, 0.15) is 11.3 Å². The van der Waals surface area contributed by atoms with Gasteiger partial charge in [-0.1, -0.05) is 18.2 Å². The van der Waals surface area contributed by atoms with Crippen LogP contribution >= 0.6 is 0 Å². The van der Waals surface area contributed by atoms with Crippen LogP contribution in [0, 0.1) is 0 Å². The lowest BCUT2D eigenvalue weighted by Gasteiger charge is -2.36. The minimum Gasteiger partial charge on any atom is -0.507 e. The van der Waals surface area contributed by atoms with Crippen LogP contribution in [0.25, 0.3) is 22.7 Å². The zero-order valence-corrected chi connectivity index (χ0v) is 17.0. The van der Waals surface area contributed by atoms with Crippen molar-refractivity contribution in [2.24, 2.45) is 10.2 Å². The lowest BCUT2D eigenvalue weighted by molar-refractivity contribution is 0.165. The Morgan fingerprint density at radius 1 is 1.10 bits per heavy atom. The number of hydrogen-bond donors (Lipinski definition) is 3. The quantitative estimate of drug-likeness (QED) is 0.592. The van der Waals surface area contributed by atoms with Crippen molar-refractivity contribution in [3.8, 4) is 11.5 Å². The number of furan rings is 1. The van der Waals surface area contributed by atoms with E-state index in [4.69, 9.17) is 4.42 Å². The molecule has 0 saturated carbocycles. The number of azo groups is 1. The Balaban J connectivity index is 1.54. The van der Waals surface area contributed by atoms with Crippen LogP contribution < -0.4 is 5.32 Å². The molecule has 0 unspecified atom stereocenters. The molecule has 2 aliphatic rings. The summed E-state index contributed by atoms with van der Waals surface area (Å²) >= 11 is 0. The van der Waals surface area contributed by atoms with Gasteiger partial charge in [0.25, 0.3) is 0 Å². The van der Waals surface area contributed by atoms with Crippen molar-refractivity contribution >= 4 is 28.4 Å². The van der Waals surface area contributed by atoms with Crippen molar-refractivity contribution in [3.63, 3.8) is 0 Å². The van der Waals surface area contributed by atoms with Crippen LogP contribution in [0.1, 0.15) is 30.7 Å². The Labute approximate surface area is 174 Å². The first-order chi connectivity index (χ1) is 14.5. The number of rotatable bonds is 3. The highest BCUT2D eigenvalue weighted by Gasteiger charge is 2.25. The zero-order valence-electron chi connectivity index (χ0n) is 17.0. The third-order valence-corrected chi connectivity index (χ3v) is 5.66. The fourth-order valence-electron chi connectivity index (χ4n) is 4.42. The van der Waals surface area contributed by atoms with Gasteiger partial charge >= 0.3 is 0 Å². The maximum absolute atomic E-state index is 10.8. The number of benzene rings is 2. The monoisotopic (exact) mass is 404 g/mol. The minimum absolute atomic E-state index is 0.0420. The van der Waals surface area contributed by atoms with Gasteiger partial charge in [-0.15, -0.1) is 10.2 Å². The van der Waals surface area contributed by atoms with Crippen molar-refractivity contribution in [3.05, 3.63) is 53.3 Å². The second kappa shape index (κ2) is 7.27. The highest BCUT2D eigenvalue weighted by molar-refractivity contribution is 5.95. The topological polar surface area (TPSA) is 93.6 Å². The third kappa shape index (κ3) is 3.26. The first kappa shape index (κ1) is 18.8. The summed E-state index contributed by atoms with van der Waals surface area (Å²) in [5.41, 5.74) is 3.50. The van der Waals surface area contributed by atoms with Gasteiger partial charge in [-0.25, -0.2) is 0 Å². The van der Waals surface area contributed by atoms with E-state index < -0.39 is 0 Å². The number of nitrogens with one attached hydrogen (secondary N) is 1. The molecule has 1 fully saturated rings. The van der Waals surface area contributed by atoms with E-state index in [1.165, 1.54) is 0 Å². The van der Waals surface area contributed by atoms with Gasteiger partial charge in [-0.05, 0) is 32.0 Å². The van der Waals surface area contributed by atoms with Gasteiger partial charge in [0.15, 0.2) is 11.5 Å². The molecule has 0 amide bonds. The number of nitrogens with zero attached hydrogens (tertiary/aromatic N) is 3. The second-order valence-corrected chi connectivity index (χ2v) is 8.16. The van der Waals surface area contributed by atoms with Crippen molar-refractivity contribution in [1.82, 2.24) is 10.2 Å². The smallest absolute Gasteiger partial charge is 0.172 e. The van der Waals surface area contributed by atoms with Crippen LogP contribution in [0.2, 0.25) is 0 Å². The Bertz CT molecular complexity index is 1170. The Morgan fingerprint density at radius 2 is 1.87 bits per heavy atom. The fraction of sp³-hybridized carbons (Fsp3) is 0.304. The molecular weight excluding hydrogens is 380 g/mol. The number of aromatic hydroxyl groups is 2. The summed E-state index contributed by atoms with van der Waals surface area (Å²) in [5.74, 6) is 0.519. The molecule has 7 heteroatoms. The molecule has 0 spiro atoms. The molecule has 3 aromatic rings. The van der Waals surface area contributed by atoms with Crippen molar-refractivity contribution in [2.45, 2.75) is 32.5 Å². The molecule has 30 heavy (non-hydrogen) atoms. The van der Waals surface area contributed by atoms with E-state index in [9.17, 15) is 10.2 Å². The molecule has 5 rings (SSSR count). The Kier molecular flexibility index (Phi) is 4.56. The predicted octanol–water partition coefficient (Wildman–Crippen LogP) is 4.62. The van der Waals surface area contributed by atoms with Gasteiger partial charge < -0.3 is 19.9 Å². The lowest BCUT2D eigenvalue weighted by Crippen LogP contribution is -2.53. The van der Waals surface area contributed by atoms with Crippen LogP contribution in [0.4, 0.5) is 5.69 Å². The molecule has 3 N–H and O–H groups in total. The summed E-state index contributed by atoms with van der Waals surface area (Å²) in [4.78, 5) is 2.29. The Morgan fingerprint density at radius 3 is 2.67 bits per heavy atom. The first-order valence-corrected chi connectivity index (χ1v) is 10.2. The number of phenols is 1. The number of phenolic OH excluding ortho intramolecular Hbond substituents is 1. The largest absolute Gasteiger partial charge is 0.507 e. The van der Waals surface area contributed by atoms with Crippen LogP contribution in [0.3, 0.4) is 0 Å². The maximum Gasteiger partial charge on any atom is 0.172 e. The summed E-state index contributed by atoms with van der Waals surface area (Å²) < 4.78 is 6.05. The van der Waals surface area contributed by atoms with E-state index in [0.717, 1.165) is 24.3 Å². The third-order valence-electron chi connectivity index (χ3n) is 5.66. The van der Waals surface area contributed by atoms with Crippen LogP contribution in [0.15, 0.2) is 51.0 Å². The van der Waals surface area contributed by atoms with Gasteiger partial charge in [0.05, 0.1) is 22.3 Å². The SMILES string of the molecule is C[C@@H]1CN(Cc2c(O)ccc3c(O)c(C=C4N=Nc5ccccc54)oc23)C[C@H](C)N1. The molecule has 2 aliphatic heterocycles. The molecule has 2 aromatic carbocycles. The molecule has 1 aromatic heterocycles. The second-order valence-electron chi connectivity index (χ2n) is 8.16. The molecule has 154 valence electrons. The molecule has 0 radical (unpaired) electrons. The van der Waals surface area contributed by atoms with E-state index in [2.05, 4.69) is 34.3 Å². The van der Waals surface area contributed by atoms with Crippen LogP contribution in [0.5, 0.6) is 11.5 Å². The number of hydrogen-bond acceptors (Lipinski definition) is 7. The Hall–Kier alpha value is -3.16. The van der Waals surface area contributed by atoms with Gasteiger partial charge in [0, 0.05) is 43.4 Å². The van der Waals surface area contributed by atoms with Crippen LogP contribution in [-0.2, 0) is 6.54 Å². The zero-order chi connectivity index (χ0) is 20.8. The normalized spacial score (nSPS) is 22.8. The number of fused-ring (bicyclic) bond motifs is 2. The molecule has 0 bridgehead atoms. The van der Waals surface area contributed by atoms with E-state index in [0.29, 0.717) is 46.6 Å². The summed E-state index contributed by atoms with van der Waals surface area (Å²) in [6.45, 7) is 6.60. The minimum atomic E-state index is 0.0420. The maximum atomic E-state index is 10.8. The van der Waals surface area contributed by atoms with Crippen molar-refractivity contribution in [2.75, 3.05) is 13.1 Å². The van der Waals surface area contributed by atoms with Crippen LogP contribution in [-0.4, -0.2) is 40.3 Å². The van der Waals surface area contributed by atoms with E-state index in [-0.39, 0.29) is 11.5 Å². The van der Waals surface area contributed by atoms with E-state index in [1.807, 2.05) is 24.3 Å². The van der Waals surface area contributed by atoms with Gasteiger partial charge in [-0.2, -0.15) is 0 Å². The highest BCUT2D eigenvalue weighted by atomic mass is 16.4. The molecule has 1 saturated heterocycles. The molecule has 7 nitrogen and oxygen atoms in total. The fourth-order valence-corrected chi connectivity index (χ4v) is 4.42. The lowest BCUT2D eigenvalue weighted by atomic mass is 10.1. The molecule has 3 heterocycles. The van der Waals surface area contributed by atoms with Crippen molar-refractivity contribution in [1.29, 1.82) is 0 Å². The average Bonchev–Trinajstić information content (AvgIpc) is 3.25. The highest BCUT2D eigenvalue weighted by Crippen LogP contribution is 2.42. The van der Waals surface area contributed by atoms with E-state index in [1.54, 1.807) is 18.2 Å². The predicted molar refractivity (Wildman–Crippen MR) is 116 cm³/mol. The summed E-state index contributed by atoms with van der Waals surface area (Å²) in [6, 6.07) is 11.7. The van der Waals surface area contributed by atoms with Gasteiger partial charge in [-0.3, -0.25) is 4.90 Å². The standard InChI is InChI=1S/C23H24N4O3/c1-13-10-27(11-14(2)24-13)12-17-20(28)8-7-16-22(29)21(30-23(16)17)9-19-15-5-3-4-6-18(15)25-26-19/h3-9,13-14,24,28-29H,10-12H2,1-2H3/t13-,14+. The molecular formula is C23H24N4O3. The average molecular weight is 404 g/mol. The van der Waals surface area contributed by atoms with Gasteiger partial charge in [0.2, 0.25) is 0 Å². The summed E-state index contributed by atoms with van der Waals surface area (Å²) in [5, 5.41) is 33.8. The summed E-state index contributed by atoms with van der Waals surface area (Å²) in [7, 11) is 0. The number of piperazine rings is 1. The first-order valence-electron chi connectivity index (χ1n) is 10.2. The van der Waals surface area contributed by atoms with Crippen molar-refractivity contribution < 1.29 is 14.6 Å².